The van der Waals surface area contributed by atoms with Gasteiger partial charge in [-0.1, -0.05) is 24.3 Å². The highest BCUT2D eigenvalue weighted by atomic mass is 79.9. The molecular weight excluding hydrogens is 324 g/mol. The summed E-state index contributed by atoms with van der Waals surface area (Å²) < 4.78 is 6.22. The van der Waals surface area contributed by atoms with Crippen molar-refractivity contribution < 1.29 is 4.74 Å². The molecule has 0 radical (unpaired) electrons. The van der Waals surface area contributed by atoms with Crippen molar-refractivity contribution in [3.8, 4) is 5.75 Å². The van der Waals surface area contributed by atoms with Crippen LogP contribution in [0, 0.1) is 0 Å². The van der Waals surface area contributed by atoms with Crippen LogP contribution in [-0.4, -0.2) is 12.2 Å². The molecule has 0 fully saturated rings. The topological polar surface area (TPSA) is 33.3 Å². The molecule has 5 heteroatoms. The number of thiocarbonyl (C=S) groups is 1. The highest BCUT2D eigenvalue weighted by molar-refractivity contribution is 9.10. The number of benzene rings is 2. The van der Waals surface area contributed by atoms with Gasteiger partial charge in [-0.3, -0.25) is 0 Å². The van der Waals surface area contributed by atoms with Crippen molar-refractivity contribution in [2.75, 3.05) is 17.7 Å². The Kier molecular flexibility index (Phi) is 4.76. The Bertz CT molecular complexity index is 589. The van der Waals surface area contributed by atoms with Crippen molar-refractivity contribution >= 4 is 44.6 Å². The molecule has 0 unspecified atom stereocenters. The summed E-state index contributed by atoms with van der Waals surface area (Å²) in [6, 6.07) is 15.4. The molecule has 0 saturated carbocycles. The van der Waals surface area contributed by atoms with Crippen molar-refractivity contribution in [2.45, 2.75) is 0 Å². The van der Waals surface area contributed by atoms with Crippen molar-refractivity contribution in [3.05, 3.63) is 53.0 Å². The molecule has 0 aliphatic heterocycles. The predicted molar refractivity (Wildman–Crippen MR) is 87.0 cm³/mol. The highest BCUT2D eigenvalue weighted by Crippen LogP contribution is 2.24. The van der Waals surface area contributed by atoms with Crippen LogP contribution in [0.15, 0.2) is 53.0 Å². The largest absolute Gasteiger partial charge is 0.495 e. The van der Waals surface area contributed by atoms with E-state index < -0.39 is 0 Å². The number of nitrogens with one attached hydrogen (secondary N) is 2. The zero-order valence-corrected chi connectivity index (χ0v) is 12.7. The van der Waals surface area contributed by atoms with Crippen molar-refractivity contribution in [1.82, 2.24) is 0 Å². The average Bonchev–Trinajstić information content (AvgIpc) is 2.42. The van der Waals surface area contributed by atoms with E-state index in [4.69, 9.17) is 17.0 Å². The van der Waals surface area contributed by atoms with Crippen LogP contribution in [0.4, 0.5) is 11.4 Å². The standard InChI is InChI=1S/C14H13BrN2OS/c1-18-13-9-5-4-8-12(13)17-14(19)16-11-7-3-2-6-10(11)15/h2-9H,1H3,(H2,16,17,19). The molecule has 2 N–H and O–H groups in total. The van der Waals surface area contributed by atoms with Gasteiger partial charge in [0.1, 0.15) is 5.75 Å². The molecule has 3 nitrogen and oxygen atoms in total. The highest BCUT2D eigenvalue weighted by Gasteiger charge is 2.05. The fourth-order valence-corrected chi connectivity index (χ4v) is 2.19. The molecule has 0 bridgehead atoms. The van der Waals surface area contributed by atoms with Crippen LogP contribution < -0.4 is 15.4 Å². The lowest BCUT2D eigenvalue weighted by Crippen LogP contribution is -2.19. The lowest BCUT2D eigenvalue weighted by Gasteiger charge is -2.13. The Balaban J connectivity index is 2.08. The van der Waals surface area contributed by atoms with E-state index in [1.807, 2.05) is 48.5 Å². The van der Waals surface area contributed by atoms with Gasteiger partial charge in [-0.15, -0.1) is 0 Å². The third kappa shape index (κ3) is 3.68. The summed E-state index contributed by atoms with van der Waals surface area (Å²) in [6.45, 7) is 0. The van der Waals surface area contributed by atoms with Gasteiger partial charge in [-0.2, -0.15) is 0 Å². The van der Waals surface area contributed by atoms with E-state index in [1.54, 1.807) is 7.11 Å². The lowest BCUT2D eigenvalue weighted by atomic mass is 10.3. The van der Waals surface area contributed by atoms with E-state index in [0.29, 0.717) is 5.11 Å². The van der Waals surface area contributed by atoms with Crippen molar-refractivity contribution in [2.24, 2.45) is 0 Å². The maximum absolute atomic E-state index is 5.29. The normalized spacial score (nSPS) is 9.79. The number of rotatable bonds is 3. The second kappa shape index (κ2) is 6.54. The Morgan fingerprint density at radius 1 is 1.00 bits per heavy atom. The van der Waals surface area contributed by atoms with Gasteiger partial charge in [0.15, 0.2) is 5.11 Å². The van der Waals surface area contributed by atoms with Crippen LogP contribution in [-0.2, 0) is 0 Å². The van der Waals surface area contributed by atoms with Gasteiger partial charge < -0.3 is 15.4 Å². The Hall–Kier alpha value is -1.59. The van der Waals surface area contributed by atoms with E-state index in [1.165, 1.54) is 0 Å². The van der Waals surface area contributed by atoms with Gasteiger partial charge in [0.2, 0.25) is 0 Å². The summed E-state index contributed by atoms with van der Waals surface area (Å²) in [5, 5.41) is 6.75. The van der Waals surface area contributed by atoms with E-state index in [-0.39, 0.29) is 0 Å². The Morgan fingerprint density at radius 3 is 2.26 bits per heavy atom. The molecule has 0 heterocycles. The molecule has 0 spiro atoms. The first-order valence-electron chi connectivity index (χ1n) is 5.66. The van der Waals surface area contributed by atoms with Crippen LogP contribution in [0.3, 0.4) is 0 Å². The predicted octanol–water partition coefficient (Wildman–Crippen LogP) is 4.27. The number of methoxy groups -OCH3 is 1. The molecule has 2 aromatic rings. The maximum atomic E-state index is 5.29. The van der Waals surface area contributed by atoms with Crippen molar-refractivity contribution in [1.29, 1.82) is 0 Å². The molecule has 0 aliphatic carbocycles. The zero-order valence-electron chi connectivity index (χ0n) is 10.3. The Labute approximate surface area is 126 Å². The van der Waals surface area contributed by atoms with E-state index in [2.05, 4.69) is 26.6 Å². The summed E-state index contributed by atoms with van der Waals surface area (Å²) in [5.74, 6) is 0.749. The maximum Gasteiger partial charge on any atom is 0.175 e. The van der Waals surface area contributed by atoms with E-state index >= 15 is 0 Å². The number of ether oxygens (including phenoxy) is 1. The molecule has 2 aromatic carbocycles. The third-order valence-corrected chi connectivity index (χ3v) is 3.37. The van der Waals surface area contributed by atoms with Crippen LogP contribution in [0.1, 0.15) is 0 Å². The molecule has 2 rings (SSSR count). The van der Waals surface area contributed by atoms with Gasteiger partial charge in [0.05, 0.1) is 18.5 Å². The molecule has 98 valence electrons. The van der Waals surface area contributed by atoms with Gasteiger partial charge in [-0.25, -0.2) is 0 Å². The van der Waals surface area contributed by atoms with E-state index in [9.17, 15) is 0 Å². The molecular formula is C14H13BrN2OS. The molecule has 0 aromatic heterocycles. The molecule has 0 aliphatic rings. The first-order chi connectivity index (χ1) is 9.20. The number of hydrogen-bond donors (Lipinski definition) is 2. The summed E-state index contributed by atoms with van der Waals surface area (Å²) in [4.78, 5) is 0. The fourth-order valence-electron chi connectivity index (χ4n) is 1.59. The summed E-state index contributed by atoms with van der Waals surface area (Å²) >= 11 is 8.75. The number of para-hydroxylation sites is 3. The van der Waals surface area contributed by atoms with Gasteiger partial charge in [0, 0.05) is 4.47 Å². The minimum atomic E-state index is 0.511. The number of anilines is 2. The molecule has 0 atom stereocenters. The smallest absolute Gasteiger partial charge is 0.175 e. The minimum Gasteiger partial charge on any atom is -0.495 e. The lowest BCUT2D eigenvalue weighted by molar-refractivity contribution is 0.417. The monoisotopic (exact) mass is 336 g/mol. The average molecular weight is 337 g/mol. The van der Waals surface area contributed by atoms with Gasteiger partial charge in [0.25, 0.3) is 0 Å². The third-order valence-electron chi connectivity index (χ3n) is 2.48. The summed E-state index contributed by atoms with van der Waals surface area (Å²) in [5.41, 5.74) is 1.74. The summed E-state index contributed by atoms with van der Waals surface area (Å²) in [6.07, 6.45) is 0. The first kappa shape index (κ1) is 13.8. The number of hydrogen-bond acceptors (Lipinski definition) is 2. The van der Waals surface area contributed by atoms with Crippen LogP contribution in [0.2, 0.25) is 0 Å². The van der Waals surface area contributed by atoms with Crippen LogP contribution >= 0.6 is 28.1 Å². The SMILES string of the molecule is COc1ccccc1NC(=S)Nc1ccccc1Br. The van der Waals surface area contributed by atoms with Gasteiger partial charge in [-0.05, 0) is 52.4 Å². The fraction of sp³-hybridized carbons (Fsp3) is 0.0714. The molecule has 0 amide bonds. The minimum absolute atomic E-state index is 0.511. The number of halogens is 1. The van der Waals surface area contributed by atoms with Gasteiger partial charge >= 0.3 is 0 Å². The Morgan fingerprint density at radius 2 is 1.58 bits per heavy atom. The van der Waals surface area contributed by atoms with Crippen LogP contribution in [0.5, 0.6) is 5.75 Å². The quantitative estimate of drug-likeness (QED) is 0.820. The molecule has 0 saturated heterocycles. The van der Waals surface area contributed by atoms with Crippen molar-refractivity contribution in [3.63, 3.8) is 0 Å². The first-order valence-corrected chi connectivity index (χ1v) is 6.86. The van der Waals surface area contributed by atoms with Crippen LogP contribution in [0.25, 0.3) is 0 Å². The van der Waals surface area contributed by atoms with E-state index in [0.717, 1.165) is 21.6 Å². The zero-order chi connectivity index (χ0) is 13.7. The second-order valence-electron chi connectivity index (χ2n) is 3.76. The second-order valence-corrected chi connectivity index (χ2v) is 5.02. The summed E-state index contributed by atoms with van der Waals surface area (Å²) in [7, 11) is 1.63. The molecule has 19 heavy (non-hydrogen) atoms.